The second kappa shape index (κ2) is 7.41. The molecule has 2 rings (SSSR count). The zero-order valence-corrected chi connectivity index (χ0v) is 14.6. The summed E-state index contributed by atoms with van der Waals surface area (Å²) in [5.74, 6) is 0.372. The second-order valence-corrected chi connectivity index (χ2v) is 9.03. The molecule has 8 heteroatoms. The van der Waals surface area contributed by atoms with Gasteiger partial charge in [0.05, 0.1) is 10.8 Å². The second-order valence-electron chi connectivity index (χ2n) is 5.70. The predicted octanol–water partition coefficient (Wildman–Crippen LogP) is 1.86. The highest BCUT2D eigenvalue weighted by atomic mass is 32.2. The quantitative estimate of drug-likeness (QED) is 0.883. The average Bonchev–Trinajstić information content (AvgIpc) is 3.01. The molecule has 22 heavy (non-hydrogen) atoms. The standard InChI is InChI=1S/C14H23N3O3S2/c1-3-22(19,20)10-11(2)16-14(18)17-7-4-5-12(9-17)13-15-6-8-21-13/h6,8,11-12H,3-5,7,9-10H2,1-2H3,(H,16,18)/t11-,12-/m1/s1. The van der Waals surface area contributed by atoms with Crippen LogP contribution in [-0.2, 0) is 9.84 Å². The van der Waals surface area contributed by atoms with Gasteiger partial charge in [0, 0.05) is 42.4 Å². The summed E-state index contributed by atoms with van der Waals surface area (Å²) in [6, 6.07) is -0.558. The Morgan fingerprint density at radius 3 is 3.00 bits per heavy atom. The number of amides is 2. The molecule has 1 saturated heterocycles. The Balaban J connectivity index is 1.89. The lowest BCUT2D eigenvalue weighted by Crippen LogP contribution is -2.49. The van der Waals surface area contributed by atoms with Crippen LogP contribution in [0.5, 0.6) is 0 Å². The first-order valence-electron chi connectivity index (χ1n) is 7.56. The molecule has 2 amide bonds. The highest BCUT2D eigenvalue weighted by Gasteiger charge is 2.27. The molecule has 1 aromatic rings. The van der Waals surface area contributed by atoms with E-state index in [1.807, 2.05) is 5.38 Å². The Morgan fingerprint density at radius 2 is 2.36 bits per heavy atom. The fourth-order valence-electron chi connectivity index (χ4n) is 2.64. The average molecular weight is 345 g/mol. The zero-order valence-electron chi connectivity index (χ0n) is 13.0. The van der Waals surface area contributed by atoms with Crippen LogP contribution in [-0.4, -0.2) is 55.0 Å². The summed E-state index contributed by atoms with van der Waals surface area (Å²) < 4.78 is 23.2. The van der Waals surface area contributed by atoms with Crippen LogP contribution in [0.15, 0.2) is 11.6 Å². The molecule has 1 aliphatic heterocycles. The van der Waals surface area contributed by atoms with Crippen LogP contribution in [0.3, 0.4) is 0 Å². The minimum atomic E-state index is -3.08. The van der Waals surface area contributed by atoms with Gasteiger partial charge in [0.1, 0.15) is 0 Å². The lowest BCUT2D eigenvalue weighted by Gasteiger charge is -2.32. The van der Waals surface area contributed by atoms with E-state index in [1.54, 1.807) is 36.3 Å². The van der Waals surface area contributed by atoms with Crippen molar-refractivity contribution in [3.05, 3.63) is 16.6 Å². The first kappa shape index (κ1) is 17.2. The number of thiazole rings is 1. The number of hydrogen-bond acceptors (Lipinski definition) is 5. The number of sulfone groups is 1. The van der Waals surface area contributed by atoms with E-state index in [0.29, 0.717) is 13.1 Å². The fraction of sp³-hybridized carbons (Fsp3) is 0.714. The minimum Gasteiger partial charge on any atom is -0.335 e. The van der Waals surface area contributed by atoms with E-state index >= 15 is 0 Å². The predicted molar refractivity (Wildman–Crippen MR) is 88.0 cm³/mol. The van der Waals surface area contributed by atoms with Crippen molar-refractivity contribution < 1.29 is 13.2 Å². The summed E-state index contributed by atoms with van der Waals surface area (Å²) in [5.41, 5.74) is 0. The van der Waals surface area contributed by atoms with Crippen LogP contribution < -0.4 is 5.32 Å². The van der Waals surface area contributed by atoms with Crippen LogP contribution in [0, 0.1) is 0 Å². The summed E-state index contributed by atoms with van der Waals surface area (Å²) in [7, 11) is -3.08. The summed E-state index contributed by atoms with van der Waals surface area (Å²) in [6.45, 7) is 4.70. The third-order valence-electron chi connectivity index (χ3n) is 3.82. The molecule has 2 atom stereocenters. The molecule has 1 N–H and O–H groups in total. The maximum absolute atomic E-state index is 12.3. The number of nitrogens with zero attached hydrogens (tertiary/aromatic N) is 2. The van der Waals surface area contributed by atoms with Gasteiger partial charge in [-0.2, -0.15) is 0 Å². The molecule has 6 nitrogen and oxygen atoms in total. The van der Waals surface area contributed by atoms with Crippen molar-refractivity contribution in [1.82, 2.24) is 15.2 Å². The van der Waals surface area contributed by atoms with Gasteiger partial charge in [-0.3, -0.25) is 0 Å². The van der Waals surface area contributed by atoms with Crippen LogP contribution in [0.1, 0.15) is 37.6 Å². The van der Waals surface area contributed by atoms with Crippen molar-refractivity contribution in [2.45, 2.75) is 38.6 Å². The fourth-order valence-corrected chi connectivity index (χ4v) is 4.49. The van der Waals surface area contributed by atoms with E-state index < -0.39 is 9.84 Å². The molecule has 0 saturated carbocycles. The SMILES string of the molecule is CCS(=O)(=O)C[C@@H](C)NC(=O)N1CCC[C@@H](c2nccs2)C1. The van der Waals surface area contributed by atoms with Crippen molar-refractivity contribution in [3.63, 3.8) is 0 Å². The molecule has 2 heterocycles. The molecule has 0 aromatic carbocycles. The highest BCUT2D eigenvalue weighted by molar-refractivity contribution is 7.91. The van der Waals surface area contributed by atoms with Gasteiger partial charge >= 0.3 is 6.03 Å². The van der Waals surface area contributed by atoms with Gasteiger partial charge in [-0.25, -0.2) is 18.2 Å². The highest BCUT2D eigenvalue weighted by Crippen LogP contribution is 2.28. The summed E-state index contributed by atoms with van der Waals surface area (Å²) in [5, 5.41) is 5.82. The smallest absolute Gasteiger partial charge is 0.317 e. The summed E-state index contributed by atoms with van der Waals surface area (Å²) in [4.78, 5) is 18.4. The number of likely N-dealkylation sites (tertiary alicyclic amines) is 1. The number of piperidine rings is 1. The molecular formula is C14H23N3O3S2. The number of carbonyl (C=O) groups excluding carboxylic acids is 1. The zero-order chi connectivity index (χ0) is 16.2. The first-order valence-corrected chi connectivity index (χ1v) is 10.3. The van der Waals surface area contributed by atoms with Gasteiger partial charge in [-0.1, -0.05) is 6.92 Å². The number of carbonyl (C=O) groups is 1. The van der Waals surface area contributed by atoms with Gasteiger partial charge in [0.2, 0.25) is 0 Å². The molecule has 0 unspecified atom stereocenters. The Morgan fingerprint density at radius 1 is 1.59 bits per heavy atom. The molecule has 0 aliphatic carbocycles. The van der Waals surface area contributed by atoms with Gasteiger partial charge in [0.25, 0.3) is 0 Å². The molecule has 0 spiro atoms. The largest absolute Gasteiger partial charge is 0.335 e. The number of urea groups is 1. The third kappa shape index (κ3) is 4.67. The van der Waals surface area contributed by atoms with Gasteiger partial charge in [-0.05, 0) is 19.8 Å². The Bertz CT molecular complexity index is 586. The Hall–Kier alpha value is -1.15. The van der Waals surface area contributed by atoms with Crippen LogP contribution in [0.4, 0.5) is 4.79 Å². The first-order chi connectivity index (χ1) is 10.4. The van der Waals surface area contributed by atoms with Crippen molar-refractivity contribution in [3.8, 4) is 0 Å². The van der Waals surface area contributed by atoms with Gasteiger partial charge in [0.15, 0.2) is 9.84 Å². The lowest BCUT2D eigenvalue weighted by atomic mass is 9.99. The van der Waals surface area contributed by atoms with Gasteiger partial charge in [-0.15, -0.1) is 11.3 Å². The number of nitrogens with one attached hydrogen (secondary N) is 1. The number of hydrogen-bond donors (Lipinski definition) is 1. The minimum absolute atomic E-state index is 0.0149. The van der Waals surface area contributed by atoms with E-state index in [9.17, 15) is 13.2 Å². The molecule has 1 aromatic heterocycles. The van der Waals surface area contributed by atoms with Crippen LogP contribution >= 0.6 is 11.3 Å². The third-order valence-corrected chi connectivity index (χ3v) is 6.65. The van der Waals surface area contributed by atoms with Crippen LogP contribution in [0.2, 0.25) is 0 Å². The Kier molecular flexibility index (Phi) is 5.80. The molecule has 0 bridgehead atoms. The Labute approximate surface area is 135 Å². The van der Waals surface area contributed by atoms with E-state index in [4.69, 9.17) is 0 Å². The van der Waals surface area contributed by atoms with Crippen molar-refractivity contribution in [1.29, 1.82) is 0 Å². The number of rotatable bonds is 5. The molecule has 124 valence electrons. The molecule has 0 radical (unpaired) electrons. The van der Waals surface area contributed by atoms with Crippen molar-refractivity contribution in [2.24, 2.45) is 0 Å². The molecular weight excluding hydrogens is 322 g/mol. The van der Waals surface area contributed by atoms with E-state index in [1.165, 1.54) is 0 Å². The topological polar surface area (TPSA) is 79.4 Å². The monoisotopic (exact) mass is 345 g/mol. The summed E-state index contributed by atoms with van der Waals surface area (Å²) in [6.07, 6.45) is 3.77. The normalized spacial score (nSPS) is 20.6. The molecule has 1 aliphatic rings. The van der Waals surface area contributed by atoms with Crippen molar-refractivity contribution in [2.75, 3.05) is 24.6 Å². The summed E-state index contributed by atoms with van der Waals surface area (Å²) >= 11 is 1.62. The maximum Gasteiger partial charge on any atom is 0.317 e. The lowest BCUT2D eigenvalue weighted by molar-refractivity contribution is 0.177. The maximum atomic E-state index is 12.3. The molecule has 1 fully saturated rings. The van der Waals surface area contributed by atoms with E-state index in [0.717, 1.165) is 17.8 Å². The van der Waals surface area contributed by atoms with E-state index in [-0.39, 0.29) is 29.5 Å². The van der Waals surface area contributed by atoms with Crippen molar-refractivity contribution >= 4 is 27.2 Å². The number of aromatic nitrogens is 1. The van der Waals surface area contributed by atoms with Crippen LogP contribution in [0.25, 0.3) is 0 Å². The van der Waals surface area contributed by atoms with E-state index in [2.05, 4.69) is 10.3 Å². The van der Waals surface area contributed by atoms with Gasteiger partial charge < -0.3 is 10.2 Å².